The van der Waals surface area contributed by atoms with E-state index in [4.69, 9.17) is 4.74 Å². The van der Waals surface area contributed by atoms with Gasteiger partial charge in [0.05, 0.1) is 16.6 Å². The number of alkyl halides is 3. The van der Waals surface area contributed by atoms with Crippen molar-refractivity contribution in [2.45, 2.75) is 26.4 Å². The van der Waals surface area contributed by atoms with Crippen molar-refractivity contribution in [2.24, 2.45) is 0 Å². The molecular weight excluding hydrogens is 451 g/mol. The molecule has 5 nitrogen and oxygen atoms in total. The minimum absolute atomic E-state index is 0.122. The number of aromatic amines is 1. The van der Waals surface area contributed by atoms with Gasteiger partial charge in [-0.15, -0.1) is 0 Å². The number of rotatable bonds is 6. The fourth-order valence-electron chi connectivity index (χ4n) is 2.73. The molecular formula is C20H19BrF3N3O2. The first-order valence-corrected chi connectivity index (χ1v) is 9.65. The molecule has 0 radical (unpaired) electrons. The second-order valence-electron chi connectivity index (χ2n) is 6.67. The minimum atomic E-state index is -4.44. The van der Waals surface area contributed by atoms with Gasteiger partial charge in [0.15, 0.2) is 6.61 Å². The number of aromatic nitrogens is 2. The lowest BCUT2D eigenvalue weighted by atomic mass is 10.1. The molecule has 29 heavy (non-hydrogen) atoms. The van der Waals surface area contributed by atoms with Crippen LogP contribution >= 0.6 is 15.9 Å². The molecule has 1 amide bonds. The molecule has 0 atom stereocenters. The van der Waals surface area contributed by atoms with Crippen LogP contribution in [0, 0.1) is 13.8 Å². The predicted molar refractivity (Wildman–Crippen MR) is 107 cm³/mol. The Bertz CT molecular complexity index is 1050. The summed E-state index contributed by atoms with van der Waals surface area (Å²) in [5.74, 6) is 0.807. The zero-order valence-corrected chi connectivity index (χ0v) is 17.4. The maximum absolute atomic E-state index is 12.9. The van der Waals surface area contributed by atoms with Crippen molar-refractivity contribution in [3.05, 3.63) is 57.3 Å². The lowest BCUT2D eigenvalue weighted by Gasteiger charge is -2.08. The summed E-state index contributed by atoms with van der Waals surface area (Å²) in [6.07, 6.45) is -4.10. The van der Waals surface area contributed by atoms with Crippen LogP contribution in [0.5, 0.6) is 5.75 Å². The largest absolute Gasteiger partial charge is 0.484 e. The van der Waals surface area contributed by atoms with Gasteiger partial charge in [0.1, 0.15) is 11.6 Å². The van der Waals surface area contributed by atoms with Crippen LogP contribution in [0.25, 0.3) is 11.0 Å². The molecule has 2 aromatic carbocycles. The van der Waals surface area contributed by atoms with E-state index in [0.717, 1.165) is 23.3 Å². The Labute approximate surface area is 173 Å². The first-order valence-electron chi connectivity index (χ1n) is 8.85. The van der Waals surface area contributed by atoms with Gasteiger partial charge in [0.2, 0.25) is 0 Å². The van der Waals surface area contributed by atoms with Gasteiger partial charge in [0, 0.05) is 17.4 Å². The first-order chi connectivity index (χ1) is 13.6. The van der Waals surface area contributed by atoms with E-state index in [9.17, 15) is 18.0 Å². The summed E-state index contributed by atoms with van der Waals surface area (Å²) in [4.78, 5) is 19.1. The fraction of sp³-hybridized carbons (Fsp3) is 0.300. The molecule has 3 rings (SSSR count). The Morgan fingerprint density at radius 3 is 2.66 bits per heavy atom. The lowest BCUT2D eigenvalue weighted by Crippen LogP contribution is -2.30. The van der Waals surface area contributed by atoms with Gasteiger partial charge in [-0.3, -0.25) is 4.79 Å². The number of carbonyl (C=O) groups excluding carboxylic acids is 1. The maximum Gasteiger partial charge on any atom is 0.416 e. The average Bonchev–Trinajstić information content (AvgIpc) is 3.05. The maximum atomic E-state index is 12.9. The Hall–Kier alpha value is -2.55. The molecule has 0 saturated heterocycles. The molecule has 9 heteroatoms. The quantitative estimate of drug-likeness (QED) is 0.549. The monoisotopic (exact) mass is 469 g/mol. The number of halogens is 4. The van der Waals surface area contributed by atoms with Gasteiger partial charge in [-0.1, -0.05) is 6.07 Å². The number of benzene rings is 2. The third-order valence-electron chi connectivity index (χ3n) is 4.45. The van der Waals surface area contributed by atoms with E-state index < -0.39 is 11.7 Å². The van der Waals surface area contributed by atoms with E-state index in [-0.39, 0.29) is 29.0 Å². The zero-order valence-electron chi connectivity index (χ0n) is 15.8. The van der Waals surface area contributed by atoms with E-state index in [1.165, 1.54) is 0 Å². The number of aryl methyl sites for hydroxylation is 2. The number of hydrogen-bond donors (Lipinski definition) is 2. The van der Waals surface area contributed by atoms with Crippen LogP contribution < -0.4 is 10.1 Å². The number of amides is 1. The van der Waals surface area contributed by atoms with Crippen LogP contribution in [0.1, 0.15) is 22.5 Å². The van der Waals surface area contributed by atoms with Gasteiger partial charge in [-0.25, -0.2) is 4.98 Å². The number of H-pyrrole nitrogens is 1. The Kier molecular flexibility index (Phi) is 6.16. The first kappa shape index (κ1) is 21.2. The molecule has 0 aliphatic rings. The van der Waals surface area contributed by atoms with E-state index in [2.05, 4.69) is 31.2 Å². The van der Waals surface area contributed by atoms with Crippen molar-refractivity contribution >= 4 is 32.9 Å². The van der Waals surface area contributed by atoms with Crippen LogP contribution in [0.15, 0.2) is 34.8 Å². The van der Waals surface area contributed by atoms with Crippen molar-refractivity contribution in [1.29, 1.82) is 0 Å². The molecule has 0 aliphatic carbocycles. The third-order valence-corrected chi connectivity index (χ3v) is 5.08. The highest BCUT2D eigenvalue weighted by atomic mass is 79.9. The van der Waals surface area contributed by atoms with Crippen molar-refractivity contribution in [3.8, 4) is 5.75 Å². The smallest absolute Gasteiger partial charge is 0.416 e. The van der Waals surface area contributed by atoms with Gasteiger partial charge in [-0.05, 0) is 65.2 Å². The molecule has 1 heterocycles. The molecule has 154 valence electrons. The summed E-state index contributed by atoms with van der Waals surface area (Å²) in [7, 11) is 0. The Balaban J connectivity index is 1.54. The zero-order chi connectivity index (χ0) is 21.2. The molecule has 0 spiro atoms. The normalized spacial score (nSPS) is 11.7. The van der Waals surface area contributed by atoms with E-state index in [0.29, 0.717) is 23.5 Å². The average molecular weight is 470 g/mol. The second kappa shape index (κ2) is 8.44. The van der Waals surface area contributed by atoms with Crippen molar-refractivity contribution in [1.82, 2.24) is 15.3 Å². The SMILES string of the molecule is Cc1ccc(OCC(=O)NCCc2nc3cc(C(F)(F)F)cc(Br)c3[nH]2)cc1C. The standard InChI is InChI=1S/C20H19BrF3N3O2/c1-11-3-4-14(7-12(11)2)29-10-18(28)25-6-5-17-26-16-9-13(20(22,23)24)8-15(21)19(16)27-17/h3-4,7-9H,5-6,10H2,1-2H3,(H,25,28)(H,26,27). The van der Waals surface area contributed by atoms with Gasteiger partial charge >= 0.3 is 6.18 Å². The second-order valence-corrected chi connectivity index (χ2v) is 7.52. The highest BCUT2D eigenvalue weighted by Crippen LogP contribution is 2.34. The molecule has 0 fully saturated rings. The van der Waals surface area contributed by atoms with Crippen molar-refractivity contribution in [2.75, 3.05) is 13.2 Å². The summed E-state index contributed by atoms with van der Waals surface area (Å²) >= 11 is 3.14. The van der Waals surface area contributed by atoms with E-state index in [1.807, 2.05) is 26.0 Å². The topological polar surface area (TPSA) is 67.0 Å². The van der Waals surface area contributed by atoms with E-state index in [1.54, 1.807) is 6.07 Å². The highest BCUT2D eigenvalue weighted by molar-refractivity contribution is 9.10. The van der Waals surface area contributed by atoms with E-state index >= 15 is 0 Å². The molecule has 3 aromatic rings. The van der Waals surface area contributed by atoms with Crippen LogP contribution in [-0.2, 0) is 17.4 Å². The van der Waals surface area contributed by atoms with Gasteiger partial charge < -0.3 is 15.0 Å². The minimum Gasteiger partial charge on any atom is -0.484 e. The summed E-state index contributed by atoms with van der Waals surface area (Å²) in [6.45, 7) is 4.11. The van der Waals surface area contributed by atoms with Crippen LogP contribution in [0.2, 0.25) is 0 Å². The molecule has 0 aliphatic heterocycles. The number of fused-ring (bicyclic) bond motifs is 1. The van der Waals surface area contributed by atoms with Crippen molar-refractivity contribution in [3.63, 3.8) is 0 Å². The Morgan fingerprint density at radius 2 is 1.97 bits per heavy atom. The molecule has 0 saturated carbocycles. The number of hydrogen-bond acceptors (Lipinski definition) is 3. The fourth-order valence-corrected chi connectivity index (χ4v) is 3.28. The van der Waals surface area contributed by atoms with Crippen LogP contribution in [0.4, 0.5) is 13.2 Å². The molecule has 2 N–H and O–H groups in total. The predicted octanol–water partition coefficient (Wildman–Crippen LogP) is 4.70. The highest BCUT2D eigenvalue weighted by Gasteiger charge is 2.31. The summed E-state index contributed by atoms with van der Waals surface area (Å²) in [5, 5.41) is 2.71. The lowest BCUT2D eigenvalue weighted by molar-refractivity contribution is -0.137. The number of carbonyl (C=O) groups is 1. The summed E-state index contributed by atoms with van der Waals surface area (Å²) in [5.41, 5.74) is 2.14. The molecule has 0 unspecified atom stereocenters. The van der Waals surface area contributed by atoms with Crippen LogP contribution in [-0.4, -0.2) is 29.0 Å². The summed E-state index contributed by atoms with van der Waals surface area (Å²) in [6, 6.07) is 7.60. The number of imidazole rings is 1. The van der Waals surface area contributed by atoms with Gasteiger partial charge in [-0.2, -0.15) is 13.2 Å². The Morgan fingerprint density at radius 1 is 1.21 bits per heavy atom. The molecule has 1 aromatic heterocycles. The number of ether oxygens (including phenoxy) is 1. The summed E-state index contributed by atoms with van der Waals surface area (Å²) < 4.78 is 44.5. The van der Waals surface area contributed by atoms with Gasteiger partial charge in [0.25, 0.3) is 5.91 Å². The number of nitrogens with one attached hydrogen (secondary N) is 2. The van der Waals surface area contributed by atoms with Crippen molar-refractivity contribution < 1.29 is 22.7 Å². The number of nitrogens with zero attached hydrogens (tertiary/aromatic N) is 1. The third kappa shape index (κ3) is 5.29. The molecule has 0 bridgehead atoms. The van der Waals surface area contributed by atoms with Crippen LogP contribution in [0.3, 0.4) is 0 Å².